The third-order valence-electron chi connectivity index (χ3n) is 2.98. The Morgan fingerprint density at radius 2 is 1.81 bits per heavy atom. The van der Waals surface area contributed by atoms with Crippen LogP contribution in [-0.4, -0.2) is 27.6 Å². The van der Waals surface area contributed by atoms with Gasteiger partial charge in [0.25, 0.3) is 0 Å². The average Bonchev–Trinajstić information content (AvgIpc) is 2.48. The summed E-state index contributed by atoms with van der Waals surface area (Å²) in [7, 11) is -1.16. The summed E-state index contributed by atoms with van der Waals surface area (Å²) >= 11 is 0. The summed E-state index contributed by atoms with van der Waals surface area (Å²) in [5.41, 5.74) is 1.08. The first-order valence-electron chi connectivity index (χ1n) is 6.48. The van der Waals surface area contributed by atoms with E-state index in [9.17, 15) is 9.00 Å². The van der Waals surface area contributed by atoms with Gasteiger partial charge in [-0.2, -0.15) is 0 Å². The molecule has 1 N–H and O–H groups in total. The number of carbonyl (C=O) groups is 1. The molecular weight excluding hydrogens is 288 g/mol. The minimum atomic E-state index is -1.16. The van der Waals surface area contributed by atoms with Gasteiger partial charge in [0, 0.05) is 4.90 Å². The maximum Gasteiger partial charge on any atom is 0.339 e. The van der Waals surface area contributed by atoms with Crippen molar-refractivity contribution in [3.8, 4) is 5.75 Å². The van der Waals surface area contributed by atoms with Gasteiger partial charge >= 0.3 is 5.97 Å². The van der Waals surface area contributed by atoms with Gasteiger partial charge in [-0.25, -0.2) is 4.79 Å². The second-order valence-corrected chi connectivity index (χ2v) is 6.00. The van der Waals surface area contributed by atoms with E-state index in [4.69, 9.17) is 9.84 Å². The lowest BCUT2D eigenvalue weighted by Crippen LogP contribution is -2.11. The van der Waals surface area contributed by atoms with E-state index in [1.165, 1.54) is 6.07 Å². The molecule has 4 nitrogen and oxygen atoms in total. The fourth-order valence-corrected chi connectivity index (χ4v) is 3.03. The normalized spacial score (nSPS) is 11.9. The summed E-state index contributed by atoms with van der Waals surface area (Å²) in [6, 6.07) is 13.9. The van der Waals surface area contributed by atoms with Gasteiger partial charge in [-0.3, -0.25) is 4.21 Å². The Hall–Kier alpha value is -2.14. The zero-order chi connectivity index (χ0) is 15.2. The molecule has 1 atom stereocenters. The lowest BCUT2D eigenvalue weighted by Gasteiger charge is -2.09. The van der Waals surface area contributed by atoms with Crippen molar-refractivity contribution in [2.75, 3.05) is 12.4 Å². The van der Waals surface area contributed by atoms with Crippen LogP contribution >= 0.6 is 0 Å². The van der Waals surface area contributed by atoms with E-state index < -0.39 is 16.8 Å². The molecule has 0 saturated carbocycles. The first-order chi connectivity index (χ1) is 10.1. The lowest BCUT2D eigenvalue weighted by atomic mass is 10.2. The largest absolute Gasteiger partial charge is 0.492 e. The van der Waals surface area contributed by atoms with Gasteiger partial charge in [0.1, 0.15) is 17.9 Å². The van der Waals surface area contributed by atoms with Gasteiger partial charge in [0.2, 0.25) is 0 Å². The predicted molar refractivity (Wildman–Crippen MR) is 81.4 cm³/mol. The number of carboxylic acid groups (broad SMARTS) is 1. The van der Waals surface area contributed by atoms with E-state index in [0.29, 0.717) is 11.5 Å². The van der Waals surface area contributed by atoms with Crippen LogP contribution in [0.4, 0.5) is 0 Å². The zero-order valence-electron chi connectivity index (χ0n) is 11.6. The molecule has 2 rings (SSSR count). The van der Waals surface area contributed by atoms with Gasteiger partial charge in [0.15, 0.2) is 0 Å². The summed E-state index contributed by atoms with van der Waals surface area (Å²) in [4.78, 5) is 11.8. The van der Waals surface area contributed by atoms with Gasteiger partial charge in [0.05, 0.1) is 16.6 Å². The van der Waals surface area contributed by atoms with Crippen molar-refractivity contribution >= 4 is 16.8 Å². The molecule has 110 valence electrons. The Morgan fingerprint density at radius 3 is 2.52 bits per heavy atom. The topological polar surface area (TPSA) is 63.6 Å². The minimum Gasteiger partial charge on any atom is -0.492 e. The Balaban J connectivity index is 1.98. The lowest BCUT2D eigenvalue weighted by molar-refractivity contribution is 0.0692. The second kappa shape index (κ2) is 7.04. The van der Waals surface area contributed by atoms with Crippen molar-refractivity contribution in [1.82, 2.24) is 0 Å². The molecule has 5 heteroatoms. The molecule has 0 saturated heterocycles. The molecular formula is C16H16O4S. The van der Waals surface area contributed by atoms with Crippen LogP contribution in [0, 0.1) is 6.92 Å². The molecule has 0 aromatic heterocycles. The highest BCUT2D eigenvalue weighted by Crippen LogP contribution is 2.18. The highest BCUT2D eigenvalue weighted by Gasteiger charge is 2.11. The van der Waals surface area contributed by atoms with Crippen molar-refractivity contribution in [2.45, 2.75) is 11.8 Å². The highest BCUT2D eigenvalue weighted by atomic mass is 32.2. The average molecular weight is 304 g/mol. The van der Waals surface area contributed by atoms with Crippen LogP contribution < -0.4 is 4.74 Å². The van der Waals surface area contributed by atoms with Crippen molar-refractivity contribution < 1.29 is 18.8 Å². The monoisotopic (exact) mass is 304 g/mol. The Labute approximate surface area is 125 Å². The number of para-hydroxylation sites is 1. The number of benzene rings is 2. The first-order valence-corrected chi connectivity index (χ1v) is 7.80. The number of hydrogen-bond acceptors (Lipinski definition) is 3. The van der Waals surface area contributed by atoms with Gasteiger partial charge in [-0.05, 0) is 30.7 Å². The highest BCUT2D eigenvalue weighted by molar-refractivity contribution is 7.85. The summed E-state index contributed by atoms with van der Waals surface area (Å²) in [5, 5.41) is 9.05. The Kier molecular flexibility index (Phi) is 5.11. The maximum atomic E-state index is 12.2. The third kappa shape index (κ3) is 3.92. The van der Waals surface area contributed by atoms with Gasteiger partial charge in [-0.1, -0.05) is 30.3 Å². The molecule has 2 aromatic carbocycles. The van der Waals surface area contributed by atoms with Crippen molar-refractivity contribution in [1.29, 1.82) is 0 Å². The first kappa shape index (κ1) is 15.3. The third-order valence-corrected chi connectivity index (χ3v) is 4.47. The molecule has 0 amide bonds. The van der Waals surface area contributed by atoms with E-state index in [2.05, 4.69) is 0 Å². The maximum absolute atomic E-state index is 12.2. The van der Waals surface area contributed by atoms with Crippen LogP contribution in [0.3, 0.4) is 0 Å². The van der Waals surface area contributed by atoms with Gasteiger partial charge < -0.3 is 9.84 Å². The zero-order valence-corrected chi connectivity index (χ0v) is 12.4. The molecule has 0 bridgehead atoms. The van der Waals surface area contributed by atoms with E-state index in [1.807, 2.05) is 31.2 Å². The van der Waals surface area contributed by atoms with Crippen molar-refractivity contribution in [3.63, 3.8) is 0 Å². The molecule has 2 aromatic rings. The standard InChI is InChI=1S/C16H16O4S/c1-12-6-2-5-9-15(12)21(19)11-10-20-14-8-4-3-7-13(14)16(17)18/h2-9H,10-11H2,1H3,(H,17,18). The molecule has 0 aliphatic rings. The molecule has 0 heterocycles. The fourth-order valence-electron chi connectivity index (χ4n) is 1.92. The summed E-state index contributed by atoms with van der Waals surface area (Å²) < 4.78 is 17.6. The second-order valence-electron chi connectivity index (χ2n) is 4.46. The Bertz CT molecular complexity index is 667. The number of rotatable bonds is 6. The van der Waals surface area contributed by atoms with E-state index in [0.717, 1.165) is 10.5 Å². The molecule has 0 radical (unpaired) electrons. The van der Waals surface area contributed by atoms with Crippen molar-refractivity contribution in [2.24, 2.45) is 0 Å². The van der Waals surface area contributed by atoms with Crippen LogP contribution in [-0.2, 0) is 10.8 Å². The van der Waals surface area contributed by atoms with Crippen LogP contribution in [0.25, 0.3) is 0 Å². The number of hydrogen-bond donors (Lipinski definition) is 1. The van der Waals surface area contributed by atoms with Gasteiger partial charge in [-0.15, -0.1) is 0 Å². The van der Waals surface area contributed by atoms with Crippen LogP contribution in [0.15, 0.2) is 53.4 Å². The minimum absolute atomic E-state index is 0.110. The Morgan fingerprint density at radius 1 is 1.14 bits per heavy atom. The number of ether oxygens (including phenoxy) is 1. The van der Waals surface area contributed by atoms with Crippen LogP contribution in [0.5, 0.6) is 5.75 Å². The van der Waals surface area contributed by atoms with E-state index >= 15 is 0 Å². The fraction of sp³-hybridized carbons (Fsp3) is 0.188. The summed E-state index contributed by atoms with van der Waals surface area (Å²) in [6.07, 6.45) is 0. The molecule has 0 fully saturated rings. The van der Waals surface area contributed by atoms with E-state index in [1.54, 1.807) is 18.2 Å². The quantitative estimate of drug-likeness (QED) is 0.891. The summed E-state index contributed by atoms with van der Waals surface area (Å²) in [5.74, 6) is -0.420. The predicted octanol–water partition coefficient (Wildman–Crippen LogP) is 2.88. The summed E-state index contributed by atoms with van der Waals surface area (Å²) in [6.45, 7) is 2.11. The molecule has 0 aliphatic heterocycles. The number of aromatic carboxylic acids is 1. The SMILES string of the molecule is Cc1ccccc1S(=O)CCOc1ccccc1C(=O)O. The van der Waals surface area contributed by atoms with E-state index in [-0.39, 0.29) is 12.2 Å². The molecule has 0 aliphatic carbocycles. The molecule has 21 heavy (non-hydrogen) atoms. The number of carboxylic acids is 1. The van der Waals surface area contributed by atoms with Crippen LogP contribution in [0.1, 0.15) is 15.9 Å². The number of aryl methyl sites for hydroxylation is 1. The van der Waals surface area contributed by atoms with Crippen LogP contribution in [0.2, 0.25) is 0 Å². The smallest absolute Gasteiger partial charge is 0.339 e. The van der Waals surface area contributed by atoms with Crippen molar-refractivity contribution in [3.05, 3.63) is 59.7 Å². The molecule has 0 spiro atoms. The molecule has 1 unspecified atom stereocenters.